The number of amides is 1. The van der Waals surface area contributed by atoms with Gasteiger partial charge in [0.25, 0.3) is 5.91 Å². The van der Waals surface area contributed by atoms with Gasteiger partial charge in [0.2, 0.25) is 0 Å². The Kier molecular flexibility index (Phi) is 2.32. The molecule has 2 aromatic rings. The summed E-state index contributed by atoms with van der Waals surface area (Å²) in [5.74, 6) is -0.368. The number of carbonyl (C=O) groups is 1. The lowest BCUT2D eigenvalue weighted by Gasteiger charge is -2.01. The molecule has 1 aromatic carbocycles. The molecule has 2 N–H and O–H groups in total. The van der Waals surface area contributed by atoms with E-state index in [1.807, 2.05) is 0 Å². The molecule has 0 saturated heterocycles. The zero-order valence-corrected chi connectivity index (χ0v) is 7.54. The highest BCUT2D eigenvalue weighted by Gasteiger charge is 2.09. The van der Waals surface area contributed by atoms with E-state index in [0.717, 1.165) is 0 Å². The van der Waals surface area contributed by atoms with Crippen molar-refractivity contribution < 1.29 is 14.5 Å². The lowest BCUT2D eigenvalue weighted by atomic mass is 10.3. The summed E-state index contributed by atoms with van der Waals surface area (Å²) in [4.78, 5) is 11.4. The first kappa shape index (κ1) is 9.20. The molecular weight excluding hydrogens is 198 g/mol. The van der Waals surface area contributed by atoms with Crippen LogP contribution >= 0.6 is 0 Å². The number of hydrogen-bond donors (Lipinski definition) is 2. The standard InChI is InChI=1S/C9H7N3O3/c13-7-3-1-2-6(4-7)11-9(14)8-5-10-15-12-8/h1-5,13H,(H,11,14). The molecule has 0 aliphatic rings. The Morgan fingerprint density at radius 1 is 1.47 bits per heavy atom. The van der Waals surface area contributed by atoms with Gasteiger partial charge in [-0.05, 0) is 17.3 Å². The molecule has 0 aliphatic carbocycles. The fraction of sp³-hybridized carbons (Fsp3) is 0. The fourth-order valence-electron chi connectivity index (χ4n) is 1.04. The lowest BCUT2D eigenvalue weighted by molar-refractivity contribution is 0.101. The van der Waals surface area contributed by atoms with E-state index in [0.29, 0.717) is 5.69 Å². The number of aromatic hydroxyl groups is 1. The third kappa shape index (κ3) is 2.11. The summed E-state index contributed by atoms with van der Waals surface area (Å²) < 4.78 is 4.29. The molecule has 0 atom stereocenters. The van der Waals surface area contributed by atoms with Crippen LogP contribution in [0, 0.1) is 0 Å². The van der Waals surface area contributed by atoms with Crippen molar-refractivity contribution in [2.75, 3.05) is 5.32 Å². The zero-order chi connectivity index (χ0) is 10.7. The monoisotopic (exact) mass is 205 g/mol. The third-order valence-corrected chi connectivity index (χ3v) is 1.70. The van der Waals surface area contributed by atoms with Crippen LogP contribution in [-0.2, 0) is 0 Å². The van der Waals surface area contributed by atoms with Crippen molar-refractivity contribution in [3.05, 3.63) is 36.2 Å². The minimum atomic E-state index is -0.443. The Labute approximate surface area is 84.5 Å². The molecule has 0 fully saturated rings. The number of carbonyl (C=O) groups excluding carboxylic acids is 1. The molecule has 0 radical (unpaired) electrons. The summed E-state index contributed by atoms with van der Waals surface area (Å²) in [6, 6.07) is 6.19. The van der Waals surface area contributed by atoms with Gasteiger partial charge in [-0.25, -0.2) is 4.63 Å². The van der Waals surface area contributed by atoms with Crippen LogP contribution in [0.25, 0.3) is 0 Å². The van der Waals surface area contributed by atoms with Crippen molar-refractivity contribution in [3.63, 3.8) is 0 Å². The smallest absolute Gasteiger partial charge is 0.279 e. The second kappa shape index (κ2) is 3.79. The van der Waals surface area contributed by atoms with E-state index in [1.165, 1.54) is 18.3 Å². The molecule has 1 heterocycles. The topological polar surface area (TPSA) is 88.2 Å². The maximum atomic E-state index is 11.4. The Bertz CT molecular complexity index is 467. The molecule has 0 aliphatic heterocycles. The van der Waals surface area contributed by atoms with Crippen LogP contribution in [0.15, 0.2) is 35.1 Å². The second-order valence-electron chi connectivity index (χ2n) is 2.80. The van der Waals surface area contributed by atoms with E-state index >= 15 is 0 Å². The van der Waals surface area contributed by atoms with Crippen molar-refractivity contribution in [1.29, 1.82) is 0 Å². The number of nitrogens with zero attached hydrogens (tertiary/aromatic N) is 2. The molecule has 76 valence electrons. The third-order valence-electron chi connectivity index (χ3n) is 1.70. The van der Waals surface area contributed by atoms with E-state index in [4.69, 9.17) is 5.11 Å². The van der Waals surface area contributed by atoms with Crippen molar-refractivity contribution in [3.8, 4) is 5.75 Å². The lowest BCUT2D eigenvalue weighted by Crippen LogP contribution is -2.11. The molecule has 6 heteroatoms. The molecule has 15 heavy (non-hydrogen) atoms. The van der Waals surface area contributed by atoms with Gasteiger partial charge in [-0.1, -0.05) is 11.2 Å². The van der Waals surface area contributed by atoms with Crippen molar-refractivity contribution in [1.82, 2.24) is 10.3 Å². The molecule has 6 nitrogen and oxygen atoms in total. The summed E-state index contributed by atoms with van der Waals surface area (Å²) in [7, 11) is 0. The predicted molar refractivity (Wildman–Crippen MR) is 50.4 cm³/mol. The molecular formula is C9H7N3O3. The van der Waals surface area contributed by atoms with Gasteiger partial charge in [-0.2, -0.15) is 0 Å². The average molecular weight is 205 g/mol. The van der Waals surface area contributed by atoms with Gasteiger partial charge in [0, 0.05) is 11.8 Å². The molecule has 0 unspecified atom stereocenters. The van der Waals surface area contributed by atoms with Gasteiger partial charge in [0.15, 0.2) is 5.69 Å². The maximum Gasteiger partial charge on any atom is 0.279 e. The number of benzene rings is 1. The minimum Gasteiger partial charge on any atom is -0.508 e. The Balaban J connectivity index is 2.13. The first-order valence-corrected chi connectivity index (χ1v) is 4.13. The van der Waals surface area contributed by atoms with Crippen LogP contribution < -0.4 is 5.32 Å². The summed E-state index contributed by atoms with van der Waals surface area (Å²) in [6.45, 7) is 0. The predicted octanol–water partition coefficient (Wildman–Crippen LogP) is 1.03. The van der Waals surface area contributed by atoms with Crippen LogP contribution in [0.1, 0.15) is 10.5 Å². The van der Waals surface area contributed by atoms with E-state index in [2.05, 4.69) is 20.3 Å². The van der Waals surface area contributed by atoms with Crippen molar-refractivity contribution in [2.45, 2.75) is 0 Å². The Morgan fingerprint density at radius 3 is 3.00 bits per heavy atom. The van der Waals surface area contributed by atoms with E-state index in [-0.39, 0.29) is 11.4 Å². The van der Waals surface area contributed by atoms with Gasteiger partial charge >= 0.3 is 0 Å². The molecule has 1 amide bonds. The highest BCUT2D eigenvalue weighted by atomic mass is 16.6. The van der Waals surface area contributed by atoms with Gasteiger partial charge < -0.3 is 10.4 Å². The number of phenolic OH excluding ortho intramolecular Hbond substituents is 1. The van der Waals surface area contributed by atoms with E-state index < -0.39 is 5.91 Å². The fourth-order valence-corrected chi connectivity index (χ4v) is 1.04. The Hall–Kier alpha value is -2.37. The molecule has 0 saturated carbocycles. The van der Waals surface area contributed by atoms with Crippen LogP contribution in [0.4, 0.5) is 5.69 Å². The van der Waals surface area contributed by atoms with Crippen LogP contribution in [0.5, 0.6) is 5.75 Å². The Morgan fingerprint density at radius 2 is 2.33 bits per heavy atom. The van der Waals surface area contributed by atoms with E-state index in [1.54, 1.807) is 12.1 Å². The molecule has 1 aromatic heterocycles. The van der Waals surface area contributed by atoms with Crippen LogP contribution in [-0.4, -0.2) is 21.3 Å². The first-order chi connectivity index (χ1) is 7.25. The summed E-state index contributed by atoms with van der Waals surface area (Å²) in [6.07, 6.45) is 1.21. The first-order valence-electron chi connectivity index (χ1n) is 4.13. The molecule has 2 rings (SSSR count). The molecule has 0 bridgehead atoms. The number of anilines is 1. The highest BCUT2D eigenvalue weighted by molar-refractivity contribution is 6.02. The number of nitrogens with one attached hydrogen (secondary N) is 1. The van der Waals surface area contributed by atoms with Crippen LogP contribution in [0.3, 0.4) is 0 Å². The van der Waals surface area contributed by atoms with Gasteiger partial charge in [-0.3, -0.25) is 4.79 Å². The molecule has 0 spiro atoms. The number of aromatic nitrogens is 2. The summed E-state index contributed by atoms with van der Waals surface area (Å²) in [5.41, 5.74) is 0.557. The number of hydrogen-bond acceptors (Lipinski definition) is 5. The minimum absolute atomic E-state index is 0.0751. The average Bonchev–Trinajstić information content (AvgIpc) is 2.70. The zero-order valence-electron chi connectivity index (χ0n) is 7.54. The van der Waals surface area contributed by atoms with Gasteiger partial charge in [0.1, 0.15) is 11.9 Å². The maximum absolute atomic E-state index is 11.4. The van der Waals surface area contributed by atoms with Crippen LogP contribution in [0.2, 0.25) is 0 Å². The van der Waals surface area contributed by atoms with Crippen molar-refractivity contribution >= 4 is 11.6 Å². The summed E-state index contributed by atoms with van der Waals surface area (Å²) >= 11 is 0. The van der Waals surface area contributed by atoms with Crippen molar-refractivity contribution in [2.24, 2.45) is 0 Å². The number of rotatable bonds is 2. The highest BCUT2D eigenvalue weighted by Crippen LogP contribution is 2.15. The quantitative estimate of drug-likeness (QED) is 0.764. The normalized spacial score (nSPS) is 9.87. The second-order valence-corrected chi connectivity index (χ2v) is 2.80. The van der Waals surface area contributed by atoms with Gasteiger partial charge in [0.05, 0.1) is 0 Å². The summed E-state index contributed by atoms with van der Waals surface area (Å²) in [5, 5.41) is 18.4. The SMILES string of the molecule is O=C(Nc1cccc(O)c1)c1cnon1. The van der Waals surface area contributed by atoms with Gasteiger partial charge in [-0.15, -0.1) is 0 Å². The largest absolute Gasteiger partial charge is 0.508 e. The number of phenols is 1. The van der Waals surface area contributed by atoms with E-state index in [9.17, 15) is 4.79 Å².